The number of phenolic OH excluding ortho intramolecular Hbond substituents is 1. The molecule has 3 heterocycles. The number of hydrogen-bond donors (Lipinski definition) is 4. The molecule has 10 heteroatoms. The number of fused-ring (bicyclic) bond motifs is 2. The fraction of sp³-hybridized carbons (Fsp3) is 0.553. The molecule has 1 saturated carbocycles. The van der Waals surface area contributed by atoms with E-state index in [1.165, 1.54) is 26.8 Å². The van der Waals surface area contributed by atoms with E-state index in [1.807, 2.05) is 40.7 Å². The first-order valence-electron chi connectivity index (χ1n) is 16.6. The first-order valence-corrected chi connectivity index (χ1v) is 16.6. The highest BCUT2D eigenvalue weighted by Gasteiger charge is 2.81. The van der Waals surface area contributed by atoms with Gasteiger partial charge in [0.2, 0.25) is 0 Å². The molecule has 0 aromatic heterocycles. The van der Waals surface area contributed by atoms with Crippen molar-refractivity contribution in [3.63, 3.8) is 0 Å². The summed E-state index contributed by atoms with van der Waals surface area (Å²) in [7, 11) is 0. The third kappa shape index (κ3) is 4.82. The number of ether oxygens (including phenoxy) is 3. The van der Waals surface area contributed by atoms with E-state index in [4.69, 9.17) is 14.2 Å². The van der Waals surface area contributed by atoms with E-state index in [0.29, 0.717) is 19.3 Å². The van der Waals surface area contributed by atoms with Crippen LogP contribution >= 0.6 is 0 Å². The van der Waals surface area contributed by atoms with Crippen LogP contribution in [0.25, 0.3) is 6.08 Å². The van der Waals surface area contributed by atoms with Crippen LogP contribution in [-0.4, -0.2) is 72.1 Å². The summed E-state index contributed by atoms with van der Waals surface area (Å²) >= 11 is 0. The molecule has 3 aliphatic carbocycles. The monoisotopic (exact) mass is 662 g/mol. The lowest BCUT2D eigenvalue weighted by atomic mass is 9.51. The van der Waals surface area contributed by atoms with Crippen LogP contribution in [0.1, 0.15) is 103 Å². The number of hydrogen-bond acceptors (Lipinski definition) is 9. The fourth-order valence-electron chi connectivity index (χ4n) is 8.31. The van der Waals surface area contributed by atoms with E-state index in [2.05, 4.69) is 6.08 Å². The van der Waals surface area contributed by atoms with Crippen molar-refractivity contribution < 1.29 is 49.0 Å². The van der Waals surface area contributed by atoms with Crippen molar-refractivity contribution in [3.8, 4) is 17.2 Å². The Morgan fingerprint density at radius 1 is 1.10 bits per heavy atom. The molecular weight excluding hydrogens is 616 g/mol. The van der Waals surface area contributed by atoms with E-state index in [-0.39, 0.29) is 63.7 Å². The van der Waals surface area contributed by atoms with Crippen molar-refractivity contribution >= 4 is 23.6 Å². The number of carboxylic acid groups (broad SMARTS) is 1. The molecule has 6 aliphatic rings. The van der Waals surface area contributed by atoms with E-state index >= 15 is 0 Å². The van der Waals surface area contributed by atoms with E-state index in [1.54, 1.807) is 12.2 Å². The lowest BCUT2D eigenvalue weighted by Gasteiger charge is -2.56. The van der Waals surface area contributed by atoms with Crippen LogP contribution in [0.2, 0.25) is 0 Å². The number of carbonyl (C=O) groups is 3. The van der Waals surface area contributed by atoms with Crippen LogP contribution in [-0.2, 0) is 20.7 Å². The summed E-state index contributed by atoms with van der Waals surface area (Å²) in [5, 5.41) is 43.6. The molecule has 4 unspecified atom stereocenters. The number of benzene rings is 1. The van der Waals surface area contributed by atoms with Crippen LogP contribution in [0.4, 0.5) is 0 Å². The highest BCUT2D eigenvalue weighted by Crippen LogP contribution is 2.68. The molecule has 0 radical (unpaired) electrons. The summed E-state index contributed by atoms with van der Waals surface area (Å²) < 4.78 is 20.4. The third-order valence-electron chi connectivity index (χ3n) is 11.0. The molecule has 0 amide bonds. The number of ketones is 2. The van der Waals surface area contributed by atoms with Gasteiger partial charge < -0.3 is 34.6 Å². The number of aliphatic hydroxyl groups is 2. The van der Waals surface area contributed by atoms with Crippen LogP contribution < -0.4 is 9.47 Å². The summed E-state index contributed by atoms with van der Waals surface area (Å²) in [5.74, 6) is -3.32. The number of carbonyl (C=O) groups excluding carboxylic acids is 2. The fourth-order valence-corrected chi connectivity index (χ4v) is 8.31. The van der Waals surface area contributed by atoms with Gasteiger partial charge in [-0.25, -0.2) is 4.79 Å². The lowest BCUT2D eigenvalue weighted by Crippen LogP contribution is -2.72. The largest absolute Gasteiger partial charge is 0.506 e. The summed E-state index contributed by atoms with van der Waals surface area (Å²) in [6.07, 6.45) is 8.68. The zero-order valence-electron chi connectivity index (χ0n) is 28.9. The van der Waals surface area contributed by atoms with Gasteiger partial charge in [0.05, 0.1) is 22.9 Å². The second-order valence-electron chi connectivity index (χ2n) is 15.7. The van der Waals surface area contributed by atoms with Crippen molar-refractivity contribution in [1.29, 1.82) is 0 Å². The van der Waals surface area contributed by atoms with Gasteiger partial charge in [-0.3, -0.25) is 9.59 Å². The van der Waals surface area contributed by atoms with Gasteiger partial charge in [-0.15, -0.1) is 0 Å². The number of aromatic hydroxyl groups is 1. The number of Topliss-reactive ketones (excluding diaryl/α,β-unsaturated/α-hetero) is 2. The second-order valence-corrected chi connectivity index (χ2v) is 15.7. The molecule has 1 aromatic carbocycles. The van der Waals surface area contributed by atoms with Crippen LogP contribution in [0.3, 0.4) is 0 Å². The quantitative estimate of drug-likeness (QED) is 0.199. The minimum Gasteiger partial charge on any atom is -0.506 e. The number of rotatable bonds is 9. The summed E-state index contributed by atoms with van der Waals surface area (Å²) in [5.41, 5.74) is -4.95. The first kappa shape index (κ1) is 34.1. The molecule has 1 spiro atoms. The summed E-state index contributed by atoms with van der Waals surface area (Å²) in [6.45, 7) is 14.0. The Bertz CT molecular complexity index is 1750. The normalized spacial score (nSPS) is 31.6. The minimum absolute atomic E-state index is 0.0150. The maximum Gasteiger partial charge on any atom is 0.330 e. The summed E-state index contributed by atoms with van der Waals surface area (Å²) in [6, 6.07) is 0. The number of allylic oxidation sites excluding steroid dienone is 3. The Hall–Kier alpha value is -3.73. The van der Waals surface area contributed by atoms with E-state index < -0.39 is 57.7 Å². The number of aliphatic carboxylic acids is 1. The number of phenols is 1. The molecule has 258 valence electrons. The van der Waals surface area contributed by atoms with Gasteiger partial charge >= 0.3 is 5.97 Å². The second kappa shape index (κ2) is 10.9. The standard InChI is InChI=1S/C38H46O10/c1-19(2)10-9-13-36(8)14-12-22-28(40)27-29(41)24-16-21-17-25-35(6,7)48-37(32(21)42,15-11-20(3)33(43)44)38(24,25)47-31(27)23(30(22)46-36)18-26(39)34(4,5)45/h10-12,14,16,21,25-26,39-40,45H,9,13,15,17-18H2,1-8H3,(H,43,44)/b20-11+/t21-,25?,26?,36-,37?,38?/m1/s1. The summed E-state index contributed by atoms with van der Waals surface area (Å²) in [4.78, 5) is 40.9. The smallest absolute Gasteiger partial charge is 0.330 e. The molecule has 4 bridgehead atoms. The molecule has 48 heavy (non-hydrogen) atoms. The van der Waals surface area contributed by atoms with Gasteiger partial charge in [-0.1, -0.05) is 23.8 Å². The Balaban J connectivity index is 1.60. The molecule has 1 aromatic rings. The van der Waals surface area contributed by atoms with E-state index in [9.17, 15) is 34.8 Å². The molecule has 2 fully saturated rings. The molecule has 3 aliphatic heterocycles. The average Bonchev–Trinajstić information content (AvgIpc) is 3.13. The van der Waals surface area contributed by atoms with Gasteiger partial charge in [-0.05, 0) is 86.8 Å². The zero-order chi connectivity index (χ0) is 35.4. The maximum atomic E-state index is 14.8. The topological polar surface area (TPSA) is 160 Å². The molecule has 7 rings (SSSR count). The maximum absolute atomic E-state index is 14.8. The molecule has 1 saturated heterocycles. The van der Waals surface area contributed by atoms with Gasteiger partial charge in [0, 0.05) is 41.4 Å². The van der Waals surface area contributed by atoms with Crippen LogP contribution in [0, 0.1) is 11.8 Å². The van der Waals surface area contributed by atoms with Crippen molar-refractivity contribution in [2.45, 2.75) is 122 Å². The van der Waals surface area contributed by atoms with Crippen molar-refractivity contribution in [1.82, 2.24) is 0 Å². The Kier molecular flexibility index (Phi) is 7.74. The lowest BCUT2D eigenvalue weighted by molar-refractivity contribution is -0.171. The molecule has 6 atom stereocenters. The average molecular weight is 663 g/mol. The number of carboxylic acids is 1. The first-order chi connectivity index (χ1) is 22.2. The Labute approximate surface area is 280 Å². The Morgan fingerprint density at radius 3 is 2.42 bits per heavy atom. The Morgan fingerprint density at radius 2 is 1.79 bits per heavy atom. The van der Waals surface area contributed by atoms with Crippen molar-refractivity contribution in [2.24, 2.45) is 11.8 Å². The molecule has 10 nitrogen and oxygen atoms in total. The predicted octanol–water partition coefficient (Wildman–Crippen LogP) is 5.40. The number of aliphatic hydroxyl groups excluding tert-OH is 1. The SMILES string of the molecule is CC(C)=CCC[C@]1(C)C=Cc2c(O)c3c(c(CC(O)C(C)(C)O)c2O1)OC12C(=C[C@@H]4CC1C(C)(C)OC2(C/C=C(\C)C(=O)O)C4=O)C3=O. The van der Waals surface area contributed by atoms with Crippen molar-refractivity contribution in [2.75, 3.05) is 0 Å². The van der Waals surface area contributed by atoms with Gasteiger partial charge in [0.25, 0.3) is 0 Å². The van der Waals surface area contributed by atoms with Crippen LogP contribution in [0.5, 0.6) is 17.2 Å². The van der Waals surface area contributed by atoms with E-state index in [0.717, 1.165) is 5.57 Å². The van der Waals surface area contributed by atoms with Crippen molar-refractivity contribution in [3.05, 3.63) is 57.7 Å². The van der Waals surface area contributed by atoms with Crippen LogP contribution in [0.15, 0.2) is 41.0 Å². The molecular formula is C38H46O10. The van der Waals surface area contributed by atoms with Gasteiger partial charge in [-0.2, -0.15) is 0 Å². The predicted molar refractivity (Wildman–Crippen MR) is 177 cm³/mol. The van der Waals surface area contributed by atoms with Gasteiger partial charge in [0.1, 0.15) is 28.4 Å². The zero-order valence-corrected chi connectivity index (χ0v) is 28.9. The third-order valence-corrected chi connectivity index (χ3v) is 11.0. The minimum atomic E-state index is -1.74. The highest BCUT2D eigenvalue weighted by molar-refractivity contribution is 6.19. The van der Waals surface area contributed by atoms with Gasteiger partial charge in [0.15, 0.2) is 22.8 Å². The molecule has 4 N–H and O–H groups in total. The highest BCUT2D eigenvalue weighted by atomic mass is 16.6.